The van der Waals surface area contributed by atoms with Crippen LogP contribution in [0.3, 0.4) is 0 Å². The Morgan fingerprint density at radius 1 is 1.20 bits per heavy atom. The number of rotatable bonds is 5. The molecule has 0 bridgehead atoms. The Morgan fingerprint density at radius 2 is 1.92 bits per heavy atom. The predicted octanol–water partition coefficient (Wildman–Crippen LogP) is 3.23. The Balaban J connectivity index is 1.45. The van der Waals surface area contributed by atoms with Gasteiger partial charge in [0, 0.05) is 43.3 Å². The van der Waals surface area contributed by atoms with Crippen LogP contribution in [-0.4, -0.2) is 46.6 Å². The first-order chi connectivity index (χ1) is 12.1. The maximum atomic E-state index is 12.3. The summed E-state index contributed by atoms with van der Waals surface area (Å²) in [7, 11) is 0. The Morgan fingerprint density at radius 3 is 2.60 bits per heavy atom. The van der Waals surface area contributed by atoms with Crippen molar-refractivity contribution in [2.75, 3.05) is 19.7 Å². The van der Waals surface area contributed by atoms with Crippen LogP contribution in [0.5, 0.6) is 11.8 Å². The molecule has 132 valence electrons. The van der Waals surface area contributed by atoms with Crippen LogP contribution in [0.1, 0.15) is 12.8 Å². The van der Waals surface area contributed by atoms with Crippen molar-refractivity contribution in [2.45, 2.75) is 18.9 Å². The summed E-state index contributed by atoms with van der Waals surface area (Å²) in [6.45, 7) is 1.15. The maximum absolute atomic E-state index is 12.3. The van der Waals surface area contributed by atoms with Gasteiger partial charge in [0.05, 0.1) is 5.02 Å². The van der Waals surface area contributed by atoms with E-state index in [1.807, 2.05) is 0 Å². The Hall–Kier alpha value is -2.05. The fourth-order valence-electron chi connectivity index (χ4n) is 2.54. The lowest BCUT2D eigenvalue weighted by Gasteiger charge is -2.31. The first-order valence-corrected chi connectivity index (χ1v) is 8.67. The lowest BCUT2D eigenvalue weighted by Crippen LogP contribution is -2.43. The summed E-state index contributed by atoms with van der Waals surface area (Å²) in [5.74, 6) is 0.360. The maximum Gasteiger partial charge on any atom is 0.316 e. The first kappa shape index (κ1) is 17.8. The number of likely N-dealkylation sites (tertiary alicyclic amines) is 1. The van der Waals surface area contributed by atoms with Crippen LogP contribution in [0.2, 0.25) is 10.0 Å². The van der Waals surface area contributed by atoms with Crippen LogP contribution < -0.4 is 9.47 Å². The van der Waals surface area contributed by atoms with Gasteiger partial charge >= 0.3 is 6.01 Å². The molecule has 0 N–H and O–H groups in total. The van der Waals surface area contributed by atoms with E-state index in [2.05, 4.69) is 9.97 Å². The topological polar surface area (TPSA) is 64.5 Å². The molecule has 2 aromatic rings. The number of hydrogen-bond acceptors (Lipinski definition) is 5. The van der Waals surface area contributed by atoms with Gasteiger partial charge in [-0.05, 0) is 24.3 Å². The molecule has 25 heavy (non-hydrogen) atoms. The predicted molar refractivity (Wildman–Crippen MR) is 94.2 cm³/mol. The molecule has 1 amide bonds. The van der Waals surface area contributed by atoms with Crippen LogP contribution in [0.4, 0.5) is 0 Å². The van der Waals surface area contributed by atoms with Crippen molar-refractivity contribution in [1.29, 1.82) is 0 Å². The molecule has 8 heteroatoms. The summed E-state index contributed by atoms with van der Waals surface area (Å²) in [4.78, 5) is 22.1. The highest BCUT2D eigenvalue weighted by atomic mass is 35.5. The van der Waals surface area contributed by atoms with Gasteiger partial charge in [0.2, 0.25) is 0 Å². The van der Waals surface area contributed by atoms with Gasteiger partial charge < -0.3 is 14.4 Å². The minimum atomic E-state index is -0.0829. The monoisotopic (exact) mass is 381 g/mol. The van der Waals surface area contributed by atoms with Gasteiger partial charge in [0.15, 0.2) is 6.61 Å². The number of ether oxygens (including phenoxy) is 2. The number of halogens is 2. The third-order valence-electron chi connectivity index (χ3n) is 3.85. The number of carbonyl (C=O) groups excluding carboxylic acids is 1. The van der Waals surface area contributed by atoms with Crippen LogP contribution in [0.15, 0.2) is 36.7 Å². The third-order valence-corrected chi connectivity index (χ3v) is 4.38. The van der Waals surface area contributed by atoms with E-state index in [1.54, 1.807) is 41.6 Å². The molecule has 0 unspecified atom stereocenters. The van der Waals surface area contributed by atoms with Gasteiger partial charge in [-0.15, -0.1) is 0 Å². The fourth-order valence-corrected chi connectivity index (χ4v) is 3.00. The largest absolute Gasteiger partial charge is 0.482 e. The number of amides is 1. The summed E-state index contributed by atoms with van der Waals surface area (Å²) in [6.07, 6.45) is 4.75. The molecule has 0 aliphatic carbocycles. The summed E-state index contributed by atoms with van der Waals surface area (Å²) in [6, 6.07) is 7.01. The van der Waals surface area contributed by atoms with E-state index in [9.17, 15) is 4.79 Å². The molecule has 0 spiro atoms. The second-order valence-corrected chi connectivity index (χ2v) is 6.44. The van der Waals surface area contributed by atoms with E-state index >= 15 is 0 Å². The molecule has 0 radical (unpaired) electrons. The Bertz CT molecular complexity index is 722. The Labute approximate surface area is 155 Å². The normalized spacial score (nSPS) is 15.0. The van der Waals surface area contributed by atoms with Crippen LogP contribution in [-0.2, 0) is 4.79 Å². The van der Waals surface area contributed by atoms with E-state index in [1.165, 1.54) is 0 Å². The quantitative estimate of drug-likeness (QED) is 0.795. The molecule has 1 aromatic heterocycles. The highest BCUT2D eigenvalue weighted by Crippen LogP contribution is 2.27. The molecule has 1 aliphatic rings. The van der Waals surface area contributed by atoms with Gasteiger partial charge in [-0.2, -0.15) is 0 Å². The highest BCUT2D eigenvalue weighted by Gasteiger charge is 2.24. The molecule has 0 atom stereocenters. The third kappa shape index (κ3) is 4.96. The van der Waals surface area contributed by atoms with Crippen molar-refractivity contribution in [2.24, 2.45) is 0 Å². The van der Waals surface area contributed by atoms with Crippen molar-refractivity contribution in [3.63, 3.8) is 0 Å². The van der Waals surface area contributed by atoms with E-state index in [0.717, 1.165) is 12.8 Å². The molecule has 6 nitrogen and oxygen atoms in total. The molecule has 2 heterocycles. The van der Waals surface area contributed by atoms with E-state index in [-0.39, 0.29) is 18.6 Å². The first-order valence-electron chi connectivity index (χ1n) is 7.91. The van der Waals surface area contributed by atoms with E-state index in [4.69, 9.17) is 32.7 Å². The number of nitrogens with zero attached hydrogens (tertiary/aromatic N) is 3. The minimum absolute atomic E-state index is 0.0121. The summed E-state index contributed by atoms with van der Waals surface area (Å²) >= 11 is 11.9. The molecule has 1 aliphatic heterocycles. The van der Waals surface area contributed by atoms with Crippen molar-refractivity contribution >= 4 is 29.1 Å². The smallest absolute Gasteiger partial charge is 0.316 e. The van der Waals surface area contributed by atoms with Crippen LogP contribution >= 0.6 is 23.2 Å². The van der Waals surface area contributed by atoms with E-state index in [0.29, 0.717) is 34.9 Å². The Kier molecular flexibility index (Phi) is 5.94. The second-order valence-electron chi connectivity index (χ2n) is 5.59. The van der Waals surface area contributed by atoms with E-state index < -0.39 is 0 Å². The molecule has 1 aromatic carbocycles. The lowest BCUT2D eigenvalue weighted by atomic mass is 10.1. The molecule has 1 fully saturated rings. The van der Waals surface area contributed by atoms with Gasteiger partial charge in [0.25, 0.3) is 5.91 Å². The lowest BCUT2D eigenvalue weighted by molar-refractivity contribution is -0.135. The number of hydrogen-bond donors (Lipinski definition) is 0. The number of carbonyl (C=O) groups is 1. The zero-order valence-corrected chi connectivity index (χ0v) is 14.9. The molecule has 1 saturated heterocycles. The van der Waals surface area contributed by atoms with Gasteiger partial charge in [-0.1, -0.05) is 23.2 Å². The van der Waals surface area contributed by atoms with Crippen LogP contribution in [0, 0.1) is 0 Å². The van der Waals surface area contributed by atoms with Crippen molar-refractivity contribution in [1.82, 2.24) is 14.9 Å². The summed E-state index contributed by atoms with van der Waals surface area (Å²) < 4.78 is 11.2. The molecule has 0 saturated carbocycles. The van der Waals surface area contributed by atoms with Gasteiger partial charge in [-0.25, -0.2) is 9.97 Å². The number of aromatic nitrogens is 2. The second kappa shape index (κ2) is 8.36. The zero-order valence-electron chi connectivity index (χ0n) is 13.4. The SMILES string of the molecule is O=C(COc1ccc(Cl)cc1Cl)N1CCC(Oc2ncccn2)CC1. The summed E-state index contributed by atoms with van der Waals surface area (Å²) in [5, 5.41) is 0.906. The fraction of sp³-hybridized carbons (Fsp3) is 0.353. The highest BCUT2D eigenvalue weighted by molar-refractivity contribution is 6.35. The molecular weight excluding hydrogens is 365 g/mol. The van der Waals surface area contributed by atoms with Gasteiger partial charge in [-0.3, -0.25) is 4.79 Å². The molecule has 3 rings (SSSR count). The van der Waals surface area contributed by atoms with Gasteiger partial charge in [0.1, 0.15) is 11.9 Å². The average Bonchev–Trinajstić information content (AvgIpc) is 2.62. The minimum Gasteiger partial charge on any atom is -0.482 e. The van der Waals surface area contributed by atoms with Crippen molar-refractivity contribution in [3.8, 4) is 11.8 Å². The van der Waals surface area contributed by atoms with Crippen molar-refractivity contribution in [3.05, 3.63) is 46.7 Å². The molecular formula is C17H17Cl2N3O3. The number of piperidine rings is 1. The van der Waals surface area contributed by atoms with Crippen molar-refractivity contribution < 1.29 is 14.3 Å². The summed E-state index contributed by atoms with van der Waals surface area (Å²) in [5.41, 5.74) is 0. The zero-order chi connectivity index (χ0) is 17.6. The number of benzene rings is 1. The van der Waals surface area contributed by atoms with Crippen LogP contribution in [0.25, 0.3) is 0 Å². The average molecular weight is 382 g/mol. The standard InChI is InChI=1S/C17H17Cl2N3O3/c18-12-2-3-15(14(19)10-12)24-11-16(23)22-8-4-13(5-9-22)25-17-20-6-1-7-21-17/h1-3,6-7,10,13H,4-5,8-9,11H2.